The van der Waals surface area contributed by atoms with E-state index in [2.05, 4.69) is 4.98 Å². The minimum atomic E-state index is -0.0393. The van der Waals surface area contributed by atoms with Gasteiger partial charge < -0.3 is 0 Å². The van der Waals surface area contributed by atoms with Crippen LogP contribution in [0.15, 0.2) is 6.20 Å². The third kappa shape index (κ3) is 2.65. The fourth-order valence-corrected chi connectivity index (χ4v) is 3.27. The van der Waals surface area contributed by atoms with Crippen LogP contribution in [-0.4, -0.2) is 27.8 Å². The maximum absolute atomic E-state index is 11.7. The molecule has 1 aromatic heterocycles. The first-order chi connectivity index (χ1) is 8.10. The summed E-state index contributed by atoms with van der Waals surface area (Å²) in [4.78, 5) is 28.8. The number of thioether (sulfide) groups is 1. The van der Waals surface area contributed by atoms with Crippen LogP contribution < -0.4 is 4.90 Å². The Balaban J connectivity index is 2.10. The van der Waals surface area contributed by atoms with Crippen molar-refractivity contribution in [2.75, 3.05) is 11.4 Å². The molecular formula is C10H9N3O2S2. The lowest BCUT2D eigenvalue weighted by molar-refractivity contribution is -0.117. The van der Waals surface area contributed by atoms with E-state index in [0.29, 0.717) is 23.0 Å². The number of rotatable bonds is 2. The van der Waals surface area contributed by atoms with Gasteiger partial charge in [-0.25, -0.2) is 4.98 Å². The zero-order valence-corrected chi connectivity index (χ0v) is 10.7. The van der Waals surface area contributed by atoms with Gasteiger partial charge in [-0.3, -0.25) is 14.5 Å². The van der Waals surface area contributed by atoms with E-state index in [0.717, 1.165) is 0 Å². The second-order valence-corrected chi connectivity index (χ2v) is 6.05. The maximum atomic E-state index is 11.7. The molecule has 2 rings (SSSR count). The van der Waals surface area contributed by atoms with Gasteiger partial charge in [-0.05, 0) is 0 Å². The summed E-state index contributed by atoms with van der Waals surface area (Å²) in [5.74, 6) is -0.0393. The first kappa shape index (κ1) is 12.1. The molecule has 0 aliphatic carbocycles. The highest BCUT2D eigenvalue weighted by atomic mass is 32.2. The van der Waals surface area contributed by atoms with Crippen LogP contribution in [0.4, 0.5) is 5.13 Å². The van der Waals surface area contributed by atoms with Gasteiger partial charge in [0.2, 0.25) is 5.91 Å². The number of aromatic nitrogens is 1. The molecule has 88 valence electrons. The fraction of sp³-hybridized carbons (Fsp3) is 0.400. The molecule has 7 heteroatoms. The summed E-state index contributed by atoms with van der Waals surface area (Å²) in [6, 6.07) is 1.99. The monoisotopic (exact) mass is 267 g/mol. The van der Waals surface area contributed by atoms with Crippen LogP contribution in [0.25, 0.3) is 0 Å². The van der Waals surface area contributed by atoms with Crippen molar-refractivity contribution < 1.29 is 9.59 Å². The summed E-state index contributed by atoms with van der Waals surface area (Å²) < 4.78 is 0. The number of nitriles is 1. The molecule has 0 radical (unpaired) electrons. The second kappa shape index (κ2) is 4.85. The summed E-state index contributed by atoms with van der Waals surface area (Å²) in [7, 11) is 0. The number of thiazole rings is 1. The number of nitrogens with zero attached hydrogens (tertiary/aromatic N) is 3. The Hall–Kier alpha value is -1.39. The van der Waals surface area contributed by atoms with Crippen molar-refractivity contribution >= 4 is 39.3 Å². The SMILES string of the molecule is CC(=O)SC1CC(=O)N(c2ncc(C#N)s2)C1. The van der Waals surface area contributed by atoms with Crippen LogP contribution in [0, 0.1) is 11.3 Å². The first-order valence-corrected chi connectivity index (χ1v) is 6.63. The zero-order chi connectivity index (χ0) is 12.4. The van der Waals surface area contributed by atoms with Crippen molar-refractivity contribution in [2.24, 2.45) is 0 Å². The molecule has 5 nitrogen and oxygen atoms in total. The van der Waals surface area contributed by atoms with Crippen molar-refractivity contribution in [3.05, 3.63) is 11.1 Å². The molecule has 0 N–H and O–H groups in total. The second-order valence-electron chi connectivity index (χ2n) is 3.56. The van der Waals surface area contributed by atoms with Crippen LogP contribution in [-0.2, 0) is 9.59 Å². The van der Waals surface area contributed by atoms with Gasteiger partial charge in [0.05, 0.1) is 6.20 Å². The first-order valence-electron chi connectivity index (χ1n) is 4.93. The highest BCUT2D eigenvalue weighted by Gasteiger charge is 2.33. The molecule has 1 aliphatic rings. The minimum absolute atomic E-state index is 0.00515. The molecule has 1 aliphatic heterocycles. The van der Waals surface area contributed by atoms with E-state index in [-0.39, 0.29) is 16.3 Å². The smallest absolute Gasteiger partial charge is 0.230 e. The quantitative estimate of drug-likeness (QED) is 0.809. The van der Waals surface area contributed by atoms with E-state index in [1.54, 1.807) is 4.90 Å². The highest BCUT2D eigenvalue weighted by Crippen LogP contribution is 2.30. The third-order valence-corrected chi connectivity index (χ3v) is 4.16. The molecule has 1 saturated heterocycles. The van der Waals surface area contributed by atoms with E-state index < -0.39 is 0 Å². The van der Waals surface area contributed by atoms with Gasteiger partial charge in [0.25, 0.3) is 0 Å². The maximum Gasteiger partial charge on any atom is 0.230 e. The number of anilines is 1. The summed E-state index contributed by atoms with van der Waals surface area (Å²) in [6.07, 6.45) is 1.81. The Bertz CT molecular complexity index is 506. The van der Waals surface area contributed by atoms with Crippen LogP contribution in [0.3, 0.4) is 0 Å². The summed E-state index contributed by atoms with van der Waals surface area (Å²) in [6.45, 7) is 1.98. The summed E-state index contributed by atoms with van der Waals surface area (Å²) in [5.41, 5.74) is 0. The van der Waals surface area contributed by atoms with Gasteiger partial charge in [0.1, 0.15) is 10.9 Å². The van der Waals surface area contributed by atoms with Crippen molar-refractivity contribution in [3.63, 3.8) is 0 Å². The summed E-state index contributed by atoms with van der Waals surface area (Å²) >= 11 is 2.38. The van der Waals surface area contributed by atoms with E-state index in [4.69, 9.17) is 5.26 Å². The average molecular weight is 267 g/mol. The predicted molar refractivity (Wildman–Crippen MR) is 65.9 cm³/mol. The molecule has 0 saturated carbocycles. The number of amides is 1. The minimum Gasteiger partial charge on any atom is -0.288 e. The molecule has 1 atom stereocenters. The predicted octanol–water partition coefficient (Wildman–Crippen LogP) is 1.40. The third-order valence-electron chi connectivity index (χ3n) is 2.26. The van der Waals surface area contributed by atoms with Crippen molar-refractivity contribution in [1.82, 2.24) is 4.98 Å². The van der Waals surface area contributed by atoms with Gasteiger partial charge in [-0.1, -0.05) is 23.1 Å². The van der Waals surface area contributed by atoms with Gasteiger partial charge in [-0.2, -0.15) is 5.26 Å². The van der Waals surface area contributed by atoms with Gasteiger partial charge in [-0.15, -0.1) is 0 Å². The van der Waals surface area contributed by atoms with Gasteiger partial charge in [0, 0.05) is 25.1 Å². The zero-order valence-electron chi connectivity index (χ0n) is 9.04. The molecule has 0 aromatic carbocycles. The van der Waals surface area contributed by atoms with E-state index >= 15 is 0 Å². The lowest BCUT2D eigenvalue weighted by atomic mass is 10.4. The van der Waals surface area contributed by atoms with E-state index in [1.807, 2.05) is 6.07 Å². The number of hydrogen-bond donors (Lipinski definition) is 0. The Morgan fingerprint density at radius 1 is 1.76 bits per heavy atom. The Morgan fingerprint density at radius 3 is 3.12 bits per heavy atom. The van der Waals surface area contributed by atoms with Crippen molar-refractivity contribution in [1.29, 1.82) is 5.26 Å². The number of carbonyl (C=O) groups is 2. The molecule has 2 heterocycles. The van der Waals surface area contributed by atoms with Crippen LogP contribution >= 0.6 is 23.1 Å². The Kier molecular flexibility index (Phi) is 3.45. The molecule has 0 spiro atoms. The average Bonchev–Trinajstić information content (AvgIpc) is 2.83. The molecule has 1 aromatic rings. The molecule has 1 fully saturated rings. The Morgan fingerprint density at radius 2 is 2.53 bits per heavy atom. The van der Waals surface area contributed by atoms with Gasteiger partial charge in [0.15, 0.2) is 10.2 Å². The van der Waals surface area contributed by atoms with Crippen molar-refractivity contribution in [3.8, 4) is 6.07 Å². The lowest BCUT2D eigenvalue weighted by Gasteiger charge is -2.11. The number of hydrogen-bond acceptors (Lipinski definition) is 6. The highest BCUT2D eigenvalue weighted by molar-refractivity contribution is 8.14. The normalized spacial score (nSPS) is 19.4. The van der Waals surface area contributed by atoms with Crippen molar-refractivity contribution in [2.45, 2.75) is 18.6 Å². The topological polar surface area (TPSA) is 74.1 Å². The van der Waals surface area contributed by atoms with Crippen LogP contribution in [0.2, 0.25) is 0 Å². The van der Waals surface area contributed by atoms with Gasteiger partial charge >= 0.3 is 0 Å². The molecule has 1 amide bonds. The largest absolute Gasteiger partial charge is 0.288 e. The molecule has 0 bridgehead atoms. The molecule has 1 unspecified atom stereocenters. The number of carbonyl (C=O) groups excluding carboxylic acids is 2. The lowest BCUT2D eigenvalue weighted by Crippen LogP contribution is -2.24. The van der Waals surface area contributed by atoms with E-state index in [1.165, 1.54) is 36.2 Å². The molecule has 17 heavy (non-hydrogen) atoms. The Labute approximate surface area is 106 Å². The fourth-order valence-electron chi connectivity index (χ4n) is 1.61. The van der Waals surface area contributed by atoms with Crippen LogP contribution in [0.5, 0.6) is 0 Å². The standard InChI is InChI=1S/C10H9N3O2S2/c1-6(14)16-7-2-9(15)13(5-7)10-12-4-8(3-11)17-10/h4,7H,2,5H2,1H3. The summed E-state index contributed by atoms with van der Waals surface area (Å²) in [5, 5.41) is 9.25. The van der Waals surface area contributed by atoms with E-state index in [9.17, 15) is 9.59 Å². The molecular weight excluding hydrogens is 258 g/mol. The van der Waals surface area contributed by atoms with Crippen LogP contribution in [0.1, 0.15) is 18.2 Å².